The van der Waals surface area contributed by atoms with Crippen LogP contribution in [0.5, 0.6) is 0 Å². The molecule has 0 radical (unpaired) electrons. The summed E-state index contributed by atoms with van der Waals surface area (Å²) in [6.07, 6.45) is 14.5. The fraction of sp³-hybridized carbons (Fsp3) is 0.727. The number of hydrogen-bond acceptors (Lipinski definition) is 6. The van der Waals surface area contributed by atoms with Crippen molar-refractivity contribution < 1.29 is 45.0 Å². The van der Waals surface area contributed by atoms with Crippen LogP contribution in [-0.2, 0) is 0 Å². The van der Waals surface area contributed by atoms with Crippen molar-refractivity contribution in [1.82, 2.24) is 0 Å². The molecule has 1 aromatic rings. The van der Waals surface area contributed by atoms with Gasteiger partial charge in [-0.25, -0.2) is 14.4 Å². The highest BCUT2D eigenvalue weighted by atomic mass is 16.4. The summed E-state index contributed by atoms with van der Waals surface area (Å²) < 4.78 is 0. The normalized spacial score (nSPS) is 12.2. The molecule has 0 spiro atoms. The molecule has 0 heterocycles. The Hall–Kier alpha value is -2.49. The maximum absolute atomic E-state index is 10.6. The van der Waals surface area contributed by atoms with Crippen LogP contribution in [0.4, 0.5) is 0 Å². The number of aromatic carboxylic acids is 3. The van der Waals surface area contributed by atoms with Crippen molar-refractivity contribution in [2.45, 2.75) is 119 Å². The molecule has 1 aromatic carbocycles. The third-order valence-electron chi connectivity index (χ3n) is 7.13. The average Bonchev–Trinajstić information content (AvgIpc) is 2.99. The van der Waals surface area contributed by atoms with Gasteiger partial charge in [-0.15, -0.1) is 0 Å². The second kappa shape index (κ2) is 30.0. The molecule has 6 N–H and O–H groups in total. The molecule has 0 fully saturated rings. The number of aliphatic hydroxyl groups is 3. The summed E-state index contributed by atoms with van der Waals surface area (Å²) in [5.41, 5.74) is -1.24. The maximum Gasteiger partial charge on any atom is 0.336 e. The summed E-state index contributed by atoms with van der Waals surface area (Å²) in [5.74, 6) is -2.52. The first kappa shape index (κ1) is 44.0. The Bertz CT molecular complexity index is 761. The van der Waals surface area contributed by atoms with Crippen LogP contribution in [0.25, 0.3) is 0 Å². The minimum Gasteiger partial charge on any atom is -0.478 e. The van der Waals surface area contributed by atoms with Crippen molar-refractivity contribution in [2.75, 3.05) is 19.8 Å². The number of benzene rings is 1. The van der Waals surface area contributed by atoms with Gasteiger partial charge in [0.25, 0.3) is 0 Å². The van der Waals surface area contributed by atoms with E-state index in [4.69, 9.17) is 30.6 Å². The van der Waals surface area contributed by atoms with Crippen molar-refractivity contribution in [2.24, 2.45) is 17.8 Å². The molecule has 0 bridgehead atoms. The van der Waals surface area contributed by atoms with Gasteiger partial charge in [0.15, 0.2) is 0 Å². The van der Waals surface area contributed by atoms with Gasteiger partial charge >= 0.3 is 17.9 Å². The lowest BCUT2D eigenvalue weighted by Crippen LogP contribution is -2.10. The van der Waals surface area contributed by atoms with Gasteiger partial charge in [-0.05, 0) is 55.2 Å². The highest BCUT2D eigenvalue weighted by Gasteiger charge is 2.18. The van der Waals surface area contributed by atoms with Gasteiger partial charge in [0, 0.05) is 19.8 Å². The van der Waals surface area contributed by atoms with Gasteiger partial charge < -0.3 is 30.6 Å². The summed E-state index contributed by atoms with van der Waals surface area (Å²) in [7, 11) is 0. The number of carboxylic acids is 3. The first-order valence-corrected chi connectivity index (χ1v) is 15.6. The smallest absolute Gasteiger partial charge is 0.336 e. The molecule has 0 saturated carbocycles. The quantitative estimate of drug-likeness (QED) is 0.101. The lowest BCUT2D eigenvalue weighted by atomic mass is 10.0. The number of hydrogen-bond donors (Lipinski definition) is 6. The van der Waals surface area contributed by atoms with E-state index in [1.165, 1.54) is 57.8 Å². The van der Waals surface area contributed by atoms with Crippen molar-refractivity contribution in [3.8, 4) is 0 Å². The van der Waals surface area contributed by atoms with Gasteiger partial charge in [0.2, 0.25) is 0 Å². The van der Waals surface area contributed by atoms with E-state index in [1.807, 2.05) is 0 Å². The summed E-state index contributed by atoms with van der Waals surface area (Å²) in [4.78, 5) is 31.8. The Morgan fingerprint density at radius 1 is 0.548 bits per heavy atom. The lowest BCUT2D eigenvalue weighted by molar-refractivity contribution is 0.0649. The fourth-order valence-corrected chi connectivity index (χ4v) is 3.79. The number of aliphatic hydroxyl groups excluding tert-OH is 3. The zero-order valence-corrected chi connectivity index (χ0v) is 27.0. The van der Waals surface area contributed by atoms with Crippen LogP contribution in [0.2, 0.25) is 0 Å². The zero-order valence-electron chi connectivity index (χ0n) is 27.0. The van der Waals surface area contributed by atoms with E-state index in [2.05, 4.69) is 41.5 Å². The Morgan fingerprint density at radius 3 is 1.10 bits per heavy atom. The van der Waals surface area contributed by atoms with E-state index in [0.717, 1.165) is 37.5 Å². The molecule has 9 heteroatoms. The van der Waals surface area contributed by atoms with E-state index < -0.39 is 29.0 Å². The van der Waals surface area contributed by atoms with Crippen LogP contribution in [-0.4, -0.2) is 68.4 Å². The minimum absolute atomic E-state index is 0.266. The van der Waals surface area contributed by atoms with Gasteiger partial charge in [0.1, 0.15) is 0 Å². The summed E-state index contributed by atoms with van der Waals surface area (Å²) >= 11 is 0. The van der Waals surface area contributed by atoms with E-state index >= 15 is 0 Å². The molecule has 0 aliphatic carbocycles. The molecule has 0 aromatic heterocycles. The van der Waals surface area contributed by atoms with Crippen LogP contribution < -0.4 is 0 Å². The zero-order chi connectivity index (χ0) is 32.9. The van der Waals surface area contributed by atoms with Crippen molar-refractivity contribution in [3.05, 3.63) is 34.9 Å². The summed E-state index contributed by atoms with van der Waals surface area (Å²) in [5, 5.41) is 52.1. The molecule has 0 aliphatic rings. The molecule has 9 nitrogen and oxygen atoms in total. The molecule has 42 heavy (non-hydrogen) atoms. The Kier molecular flexibility index (Phi) is 31.4. The standard InChI is InChI=1S/C9H6O6.3C8H18O/c10-7(11)4-1-2-5(8(12)13)6(3-4)9(14)15;3*1-3-5-6-8(4-2)7-9/h1-3H,(H,10,11)(H,12,13)(H,14,15);3*8-9H,3-7H2,1-2H3. The number of rotatable bonds is 18. The van der Waals surface area contributed by atoms with Crippen LogP contribution in [0, 0.1) is 17.8 Å². The largest absolute Gasteiger partial charge is 0.478 e. The highest BCUT2D eigenvalue weighted by molar-refractivity contribution is 6.03. The summed E-state index contributed by atoms with van der Waals surface area (Å²) in [6.45, 7) is 14.1. The first-order valence-electron chi connectivity index (χ1n) is 15.6. The third-order valence-corrected chi connectivity index (χ3v) is 7.13. The van der Waals surface area contributed by atoms with E-state index in [0.29, 0.717) is 37.6 Å². The maximum atomic E-state index is 10.6. The van der Waals surface area contributed by atoms with E-state index in [-0.39, 0.29) is 5.56 Å². The average molecular weight is 601 g/mol. The molecule has 3 unspecified atom stereocenters. The van der Waals surface area contributed by atoms with Crippen molar-refractivity contribution in [3.63, 3.8) is 0 Å². The fourth-order valence-electron chi connectivity index (χ4n) is 3.79. The number of carbonyl (C=O) groups is 3. The molecule has 0 saturated heterocycles. The van der Waals surface area contributed by atoms with Crippen LogP contribution in [0.15, 0.2) is 18.2 Å². The monoisotopic (exact) mass is 600 g/mol. The van der Waals surface area contributed by atoms with Crippen LogP contribution >= 0.6 is 0 Å². The molecular formula is C33H60O9. The van der Waals surface area contributed by atoms with Gasteiger partial charge in [0.05, 0.1) is 16.7 Å². The second-order valence-electron chi connectivity index (χ2n) is 10.5. The van der Waals surface area contributed by atoms with Crippen molar-refractivity contribution in [1.29, 1.82) is 0 Å². The Morgan fingerprint density at radius 2 is 0.881 bits per heavy atom. The molecule has 0 amide bonds. The molecule has 246 valence electrons. The van der Waals surface area contributed by atoms with Crippen molar-refractivity contribution >= 4 is 17.9 Å². The van der Waals surface area contributed by atoms with E-state index in [1.54, 1.807) is 0 Å². The molecule has 3 atom stereocenters. The number of unbranched alkanes of at least 4 members (excludes halogenated alkanes) is 3. The summed E-state index contributed by atoms with van der Waals surface area (Å²) in [6, 6.07) is 2.81. The predicted molar refractivity (Wildman–Crippen MR) is 168 cm³/mol. The lowest BCUT2D eigenvalue weighted by Gasteiger charge is -2.08. The minimum atomic E-state index is -1.48. The second-order valence-corrected chi connectivity index (χ2v) is 10.5. The van der Waals surface area contributed by atoms with E-state index in [9.17, 15) is 14.4 Å². The third kappa shape index (κ3) is 23.1. The molecule has 0 aliphatic heterocycles. The Labute approximate surface area is 254 Å². The molecular weight excluding hydrogens is 540 g/mol. The number of carboxylic acid groups (broad SMARTS) is 3. The van der Waals surface area contributed by atoms with Crippen LogP contribution in [0.1, 0.15) is 150 Å². The SMILES string of the molecule is CCCCC(CC)CO.CCCCC(CC)CO.CCCCC(CC)CO.O=C(O)c1ccc(C(=O)O)c(C(=O)O)c1. The first-order chi connectivity index (χ1) is 20.0. The van der Waals surface area contributed by atoms with Crippen LogP contribution in [0.3, 0.4) is 0 Å². The molecule has 1 rings (SSSR count). The Balaban J connectivity index is -0.000000500. The highest BCUT2D eigenvalue weighted by Crippen LogP contribution is 2.13. The van der Waals surface area contributed by atoms with Gasteiger partial charge in [-0.3, -0.25) is 0 Å². The predicted octanol–water partition coefficient (Wildman–Crippen LogP) is 7.37. The topological polar surface area (TPSA) is 173 Å². The van der Waals surface area contributed by atoms with Gasteiger partial charge in [-0.1, -0.05) is 99.3 Å². The van der Waals surface area contributed by atoms with Gasteiger partial charge in [-0.2, -0.15) is 0 Å².